The summed E-state index contributed by atoms with van der Waals surface area (Å²) in [5.74, 6) is 1.01. The first-order valence-electron chi connectivity index (χ1n) is 9.66. The molecular formula is C24H22N4. The molecule has 2 aromatic heterocycles. The van der Waals surface area contributed by atoms with Crippen molar-refractivity contribution >= 4 is 11.4 Å². The quantitative estimate of drug-likeness (QED) is 0.690. The highest BCUT2D eigenvalue weighted by Gasteiger charge is 2.27. The lowest BCUT2D eigenvalue weighted by Crippen LogP contribution is -2.33. The average molecular weight is 366 g/mol. The van der Waals surface area contributed by atoms with Gasteiger partial charge in [0.1, 0.15) is 5.82 Å². The number of nitrogens with zero attached hydrogens (tertiary/aromatic N) is 4. The summed E-state index contributed by atoms with van der Waals surface area (Å²) in [4.78, 5) is 13.9. The summed E-state index contributed by atoms with van der Waals surface area (Å²) in [6.45, 7) is 3.58. The van der Waals surface area contributed by atoms with Crippen molar-refractivity contribution in [2.45, 2.75) is 13.1 Å². The molecule has 3 aromatic rings. The van der Waals surface area contributed by atoms with E-state index in [1.807, 2.05) is 30.6 Å². The van der Waals surface area contributed by atoms with Gasteiger partial charge in [-0.1, -0.05) is 42.5 Å². The van der Waals surface area contributed by atoms with Gasteiger partial charge in [-0.3, -0.25) is 9.88 Å². The highest BCUT2D eigenvalue weighted by atomic mass is 15.2. The largest absolute Gasteiger partial charge is 0.326 e. The van der Waals surface area contributed by atoms with E-state index in [4.69, 9.17) is 0 Å². The maximum Gasteiger partial charge on any atom is 0.140 e. The smallest absolute Gasteiger partial charge is 0.140 e. The molecule has 0 aliphatic carbocycles. The van der Waals surface area contributed by atoms with E-state index in [2.05, 4.69) is 74.5 Å². The van der Waals surface area contributed by atoms with Crippen LogP contribution in [0.4, 0.5) is 5.82 Å². The third-order valence-electron chi connectivity index (χ3n) is 5.26. The monoisotopic (exact) mass is 366 g/mol. The summed E-state index contributed by atoms with van der Waals surface area (Å²) >= 11 is 0. The maximum absolute atomic E-state index is 4.67. The van der Waals surface area contributed by atoms with Gasteiger partial charge in [-0.25, -0.2) is 4.98 Å². The Bertz CT molecular complexity index is 1020. The van der Waals surface area contributed by atoms with E-state index in [0.717, 1.165) is 37.7 Å². The van der Waals surface area contributed by atoms with Crippen LogP contribution in [0.2, 0.25) is 0 Å². The second-order valence-corrected chi connectivity index (χ2v) is 7.25. The first-order chi connectivity index (χ1) is 13.9. The number of fused-ring (bicyclic) bond motifs is 3. The molecule has 28 heavy (non-hydrogen) atoms. The molecule has 0 atom stereocenters. The Morgan fingerprint density at radius 1 is 0.821 bits per heavy atom. The summed E-state index contributed by atoms with van der Waals surface area (Å²) in [5, 5.41) is 0. The number of aromatic nitrogens is 2. The molecule has 0 fully saturated rings. The molecule has 4 nitrogen and oxygen atoms in total. The zero-order valence-corrected chi connectivity index (χ0v) is 15.7. The summed E-state index contributed by atoms with van der Waals surface area (Å²) in [5.41, 5.74) is 6.28. The Kier molecular flexibility index (Phi) is 4.47. The van der Waals surface area contributed by atoms with Crippen molar-refractivity contribution in [3.05, 3.63) is 108 Å². The molecule has 0 spiro atoms. The van der Waals surface area contributed by atoms with Crippen LogP contribution >= 0.6 is 0 Å². The van der Waals surface area contributed by atoms with E-state index in [-0.39, 0.29) is 0 Å². The van der Waals surface area contributed by atoms with Gasteiger partial charge in [0.2, 0.25) is 0 Å². The van der Waals surface area contributed by atoms with E-state index in [1.54, 1.807) is 0 Å². The van der Waals surface area contributed by atoms with Crippen LogP contribution in [-0.4, -0.2) is 28.0 Å². The number of rotatable bonds is 4. The van der Waals surface area contributed by atoms with Crippen molar-refractivity contribution < 1.29 is 0 Å². The Hall–Kier alpha value is -3.24. The van der Waals surface area contributed by atoms with Crippen LogP contribution in [0.15, 0.2) is 90.9 Å². The van der Waals surface area contributed by atoms with Gasteiger partial charge in [-0.2, -0.15) is 0 Å². The van der Waals surface area contributed by atoms with Crippen LogP contribution < -0.4 is 4.90 Å². The van der Waals surface area contributed by atoms with Gasteiger partial charge in [-0.05, 0) is 41.0 Å². The normalized spacial score (nSPS) is 16.1. The van der Waals surface area contributed by atoms with Gasteiger partial charge in [0.25, 0.3) is 0 Å². The lowest BCUT2D eigenvalue weighted by Gasteiger charge is -2.35. The van der Waals surface area contributed by atoms with Gasteiger partial charge in [-0.15, -0.1) is 0 Å². The van der Waals surface area contributed by atoms with Gasteiger partial charge in [0.15, 0.2) is 0 Å². The minimum atomic E-state index is 0.723. The van der Waals surface area contributed by atoms with E-state index in [1.165, 1.54) is 22.3 Å². The predicted octanol–water partition coefficient (Wildman–Crippen LogP) is 4.28. The lowest BCUT2D eigenvalue weighted by atomic mass is 9.92. The van der Waals surface area contributed by atoms with Crippen molar-refractivity contribution in [1.82, 2.24) is 14.9 Å². The second kappa shape index (κ2) is 7.41. The molecule has 2 aliphatic rings. The number of hydrogen-bond acceptors (Lipinski definition) is 4. The zero-order valence-electron chi connectivity index (χ0n) is 15.7. The van der Waals surface area contributed by atoms with E-state index in [0.29, 0.717) is 0 Å². The fourth-order valence-electron chi connectivity index (χ4n) is 3.97. The number of anilines is 1. The number of pyridine rings is 2. The SMILES string of the molecule is C1=C2CN(Cc3ccccc3)CC=C2c2cccnc2N1Cc1ccccn1. The first-order valence-corrected chi connectivity index (χ1v) is 9.66. The van der Waals surface area contributed by atoms with Crippen LogP contribution in [0.5, 0.6) is 0 Å². The molecule has 138 valence electrons. The highest BCUT2D eigenvalue weighted by molar-refractivity contribution is 5.89. The first kappa shape index (κ1) is 16.9. The number of hydrogen-bond donors (Lipinski definition) is 0. The predicted molar refractivity (Wildman–Crippen MR) is 112 cm³/mol. The Labute approximate surface area is 165 Å². The fourth-order valence-corrected chi connectivity index (χ4v) is 3.97. The van der Waals surface area contributed by atoms with Gasteiger partial charge < -0.3 is 4.90 Å². The molecule has 2 aliphatic heterocycles. The van der Waals surface area contributed by atoms with Crippen molar-refractivity contribution in [1.29, 1.82) is 0 Å². The molecule has 1 aromatic carbocycles. The van der Waals surface area contributed by atoms with Gasteiger partial charge in [0, 0.05) is 43.8 Å². The third kappa shape index (κ3) is 3.35. The van der Waals surface area contributed by atoms with Crippen LogP contribution in [0.1, 0.15) is 16.8 Å². The summed E-state index contributed by atoms with van der Waals surface area (Å²) in [7, 11) is 0. The van der Waals surface area contributed by atoms with E-state index >= 15 is 0 Å². The fraction of sp³-hybridized carbons (Fsp3) is 0.167. The molecule has 0 saturated carbocycles. The molecule has 5 rings (SSSR count). The van der Waals surface area contributed by atoms with Crippen molar-refractivity contribution in [3.63, 3.8) is 0 Å². The molecule has 0 bridgehead atoms. The molecule has 0 radical (unpaired) electrons. The van der Waals surface area contributed by atoms with Crippen LogP contribution in [0, 0.1) is 0 Å². The molecule has 0 amide bonds. The molecule has 4 heterocycles. The van der Waals surface area contributed by atoms with Gasteiger partial charge >= 0.3 is 0 Å². The molecule has 4 heteroatoms. The maximum atomic E-state index is 4.67. The standard InChI is InChI=1S/C24H22N4/c1-2-7-19(8-3-1)15-27-14-11-22-20(16-27)17-28(18-21-9-4-5-12-25-21)24-23(22)10-6-13-26-24/h1-13,17H,14-16,18H2. The zero-order chi connectivity index (χ0) is 18.8. The summed E-state index contributed by atoms with van der Waals surface area (Å²) in [6.07, 6.45) is 8.32. The van der Waals surface area contributed by atoms with E-state index in [9.17, 15) is 0 Å². The van der Waals surface area contributed by atoms with Crippen molar-refractivity contribution in [2.24, 2.45) is 0 Å². The van der Waals surface area contributed by atoms with Crippen LogP contribution in [0.25, 0.3) is 5.57 Å². The topological polar surface area (TPSA) is 32.3 Å². The molecular weight excluding hydrogens is 344 g/mol. The minimum Gasteiger partial charge on any atom is -0.326 e. The lowest BCUT2D eigenvalue weighted by molar-refractivity contribution is 0.317. The molecule has 0 N–H and O–H groups in total. The summed E-state index contributed by atoms with van der Waals surface area (Å²) in [6, 6.07) is 20.9. The number of benzene rings is 1. The second-order valence-electron chi connectivity index (χ2n) is 7.25. The Morgan fingerprint density at radius 2 is 1.68 bits per heavy atom. The summed E-state index contributed by atoms with van der Waals surface area (Å²) < 4.78 is 0. The third-order valence-corrected chi connectivity index (χ3v) is 5.26. The Morgan fingerprint density at radius 3 is 2.54 bits per heavy atom. The van der Waals surface area contributed by atoms with Crippen LogP contribution in [0.3, 0.4) is 0 Å². The van der Waals surface area contributed by atoms with E-state index < -0.39 is 0 Å². The van der Waals surface area contributed by atoms with Crippen molar-refractivity contribution in [2.75, 3.05) is 18.0 Å². The highest BCUT2D eigenvalue weighted by Crippen LogP contribution is 2.38. The van der Waals surface area contributed by atoms with Gasteiger partial charge in [0.05, 0.1) is 12.2 Å². The van der Waals surface area contributed by atoms with Crippen LogP contribution in [-0.2, 0) is 13.1 Å². The Balaban J connectivity index is 1.45. The average Bonchev–Trinajstić information content (AvgIpc) is 2.75. The molecule has 0 saturated heterocycles. The minimum absolute atomic E-state index is 0.723. The molecule has 0 unspecified atom stereocenters. The van der Waals surface area contributed by atoms with Crippen molar-refractivity contribution in [3.8, 4) is 0 Å².